The fourth-order valence-electron chi connectivity index (χ4n) is 1.03. The minimum atomic E-state index is -3.11. The predicted molar refractivity (Wildman–Crippen MR) is 66.9 cm³/mol. The van der Waals surface area contributed by atoms with Gasteiger partial charge in [-0.1, -0.05) is 0 Å². The highest BCUT2D eigenvalue weighted by Crippen LogP contribution is 2.42. The molecule has 98 valence electrons. The highest BCUT2D eigenvalue weighted by Gasteiger charge is 2.40. The lowest BCUT2D eigenvalue weighted by molar-refractivity contribution is 0.0448. The van der Waals surface area contributed by atoms with E-state index in [4.69, 9.17) is 14.3 Å². The van der Waals surface area contributed by atoms with E-state index in [2.05, 4.69) is 0 Å². The van der Waals surface area contributed by atoms with E-state index in [0.717, 1.165) is 0 Å². The molecule has 0 atom stereocenters. The summed E-state index contributed by atoms with van der Waals surface area (Å²) in [7, 11) is -2.65. The molecular weight excluding hydrogens is 278 g/mol. The molecule has 0 spiro atoms. The zero-order valence-electron chi connectivity index (χ0n) is 9.90. The minimum Gasteiger partial charge on any atom is -0.443 e. The molecule has 1 aliphatic heterocycles. The van der Waals surface area contributed by atoms with Crippen molar-refractivity contribution in [1.82, 2.24) is 4.31 Å². The van der Waals surface area contributed by atoms with Crippen LogP contribution in [-0.4, -0.2) is 27.9 Å². The fraction of sp³-hybridized carbons (Fsp3) is 0.444. The maximum atomic E-state index is 11.8. The second-order valence-electron chi connectivity index (χ2n) is 4.29. The molecule has 1 saturated heterocycles. The fourth-order valence-corrected chi connectivity index (χ4v) is 3.85. The van der Waals surface area contributed by atoms with Crippen LogP contribution in [0.25, 0.3) is 0 Å². The van der Waals surface area contributed by atoms with Gasteiger partial charge in [-0.05, 0) is 20.8 Å². The molecule has 0 saturated carbocycles. The molecule has 0 aromatic rings. The molecule has 1 amide bonds. The van der Waals surface area contributed by atoms with E-state index in [1.54, 1.807) is 20.8 Å². The summed E-state index contributed by atoms with van der Waals surface area (Å²) < 4.78 is 20.9. The molecular formula is C9H11N3O4S2. The second-order valence-corrected chi connectivity index (χ2v) is 8.27. The molecule has 0 bridgehead atoms. The van der Waals surface area contributed by atoms with Gasteiger partial charge in [0, 0.05) is 8.65 Å². The van der Waals surface area contributed by atoms with Gasteiger partial charge in [-0.2, -0.15) is 4.31 Å². The number of carbonyl (C=O) groups excluding carboxylic acids is 3. The molecule has 2 N–H and O–H groups in total. The average Bonchev–Trinajstić information content (AvgIpc) is 2.46. The van der Waals surface area contributed by atoms with E-state index in [0.29, 0.717) is 15.3 Å². The Balaban J connectivity index is 3.18. The van der Waals surface area contributed by atoms with Crippen LogP contribution >= 0.6 is 11.0 Å². The van der Waals surface area contributed by atoms with Crippen molar-refractivity contribution in [2.75, 3.05) is 0 Å². The maximum Gasteiger partial charge on any atom is 0.426 e. The van der Waals surface area contributed by atoms with Gasteiger partial charge < -0.3 is 4.74 Å². The first-order valence-electron chi connectivity index (χ1n) is 4.68. The third-order valence-electron chi connectivity index (χ3n) is 1.64. The van der Waals surface area contributed by atoms with Crippen molar-refractivity contribution >= 4 is 37.6 Å². The van der Waals surface area contributed by atoms with Crippen molar-refractivity contribution in [3.05, 3.63) is 10.6 Å². The average molecular weight is 289 g/mol. The van der Waals surface area contributed by atoms with Crippen molar-refractivity contribution < 1.29 is 19.1 Å². The molecule has 0 unspecified atom stereocenters. The molecule has 1 rings (SSSR count). The van der Waals surface area contributed by atoms with Gasteiger partial charge in [0.2, 0.25) is 0 Å². The lowest BCUT2D eigenvalue weighted by atomic mass is 10.2. The van der Waals surface area contributed by atoms with E-state index in [1.165, 1.54) is 11.9 Å². The van der Waals surface area contributed by atoms with Crippen molar-refractivity contribution in [2.24, 2.45) is 0 Å². The zero-order valence-corrected chi connectivity index (χ0v) is 11.5. The number of hydrogen-bond donors (Lipinski definition) is 2. The summed E-state index contributed by atoms with van der Waals surface area (Å²) >= 11 is 0. The van der Waals surface area contributed by atoms with Crippen LogP contribution in [0.1, 0.15) is 20.8 Å². The third-order valence-corrected chi connectivity index (χ3v) is 4.81. The lowest BCUT2D eigenvalue weighted by Gasteiger charge is -2.22. The van der Waals surface area contributed by atoms with Crippen LogP contribution in [-0.2, 0) is 23.0 Å². The number of hydrogen-bond acceptors (Lipinski definition) is 7. The Labute approximate surface area is 108 Å². The van der Waals surface area contributed by atoms with E-state index >= 15 is 0 Å². The Morgan fingerprint density at radius 2 is 1.89 bits per heavy atom. The van der Waals surface area contributed by atoms with Gasteiger partial charge in [0.1, 0.15) is 11.5 Å². The Morgan fingerprint density at radius 3 is 2.28 bits per heavy atom. The van der Waals surface area contributed by atoms with Crippen LogP contribution in [0.3, 0.4) is 0 Å². The topological polar surface area (TPSA) is 111 Å². The predicted octanol–water partition coefficient (Wildman–Crippen LogP) is 1.91. The zero-order chi connectivity index (χ0) is 14.1. The standard InChI is InChI=1S/C9H11N3O4S2/c1-9(2,3)16-8(15)12-6(4-13)7(5-14)18(10,11)17-12/h10-11H,1-3H3. The number of nitrogens with zero attached hydrogens (tertiary/aromatic N) is 1. The largest absolute Gasteiger partial charge is 0.443 e. The monoisotopic (exact) mass is 289 g/mol. The summed E-state index contributed by atoms with van der Waals surface area (Å²) in [6.45, 7) is 4.90. The Bertz CT molecular complexity index is 590. The lowest BCUT2D eigenvalue weighted by Crippen LogP contribution is -2.31. The minimum absolute atomic E-state index is 0.454. The molecule has 0 radical (unpaired) electrons. The summed E-state index contributed by atoms with van der Waals surface area (Å²) in [6, 6.07) is 0. The van der Waals surface area contributed by atoms with Gasteiger partial charge in [0.25, 0.3) is 0 Å². The summed E-state index contributed by atoms with van der Waals surface area (Å²) in [4.78, 5) is 32.7. The Morgan fingerprint density at radius 1 is 1.33 bits per heavy atom. The summed E-state index contributed by atoms with van der Waals surface area (Å²) in [5.74, 6) is 2.75. The van der Waals surface area contributed by atoms with Crippen LogP contribution in [0, 0.1) is 9.56 Å². The van der Waals surface area contributed by atoms with Crippen LogP contribution in [0.5, 0.6) is 0 Å². The molecule has 1 heterocycles. The molecule has 9 heteroatoms. The van der Waals surface area contributed by atoms with E-state index in [1.807, 2.05) is 0 Å². The van der Waals surface area contributed by atoms with Gasteiger partial charge in [-0.15, -0.1) is 0 Å². The molecule has 0 aromatic heterocycles. The number of nitrogens with one attached hydrogen (secondary N) is 2. The molecule has 0 aromatic carbocycles. The first-order valence-corrected chi connectivity index (χ1v) is 7.60. The SMILES string of the molecule is CC(C)(C)OC(=O)N1SS(=N)(=N)C(=C=O)C1=C=O. The normalized spacial score (nSPS) is 18.3. The van der Waals surface area contributed by atoms with Crippen LogP contribution in [0.2, 0.25) is 0 Å². The van der Waals surface area contributed by atoms with Crippen molar-refractivity contribution in [3.63, 3.8) is 0 Å². The summed E-state index contributed by atoms with van der Waals surface area (Å²) in [5, 5.41) is 0. The first-order chi connectivity index (χ1) is 8.12. The van der Waals surface area contributed by atoms with E-state index < -0.39 is 30.9 Å². The molecule has 18 heavy (non-hydrogen) atoms. The third kappa shape index (κ3) is 2.83. The second kappa shape index (κ2) is 4.62. The van der Waals surface area contributed by atoms with Crippen LogP contribution < -0.4 is 0 Å². The Hall–Kier alpha value is -1.53. The smallest absolute Gasteiger partial charge is 0.426 e. The van der Waals surface area contributed by atoms with Crippen molar-refractivity contribution in [1.29, 1.82) is 9.56 Å². The quantitative estimate of drug-likeness (QED) is 0.402. The van der Waals surface area contributed by atoms with Gasteiger partial charge in [0.05, 0.1) is 11.0 Å². The number of rotatable bonds is 0. The molecule has 1 aliphatic rings. The highest BCUT2D eigenvalue weighted by atomic mass is 33.1. The van der Waals surface area contributed by atoms with E-state index in [-0.39, 0.29) is 0 Å². The molecule has 7 nitrogen and oxygen atoms in total. The summed E-state index contributed by atoms with van der Waals surface area (Å²) in [6.07, 6.45) is -0.910. The van der Waals surface area contributed by atoms with Crippen LogP contribution in [0.4, 0.5) is 4.79 Å². The van der Waals surface area contributed by atoms with Gasteiger partial charge in [0.15, 0.2) is 16.5 Å². The van der Waals surface area contributed by atoms with Crippen molar-refractivity contribution in [2.45, 2.75) is 26.4 Å². The number of ether oxygens (including phenoxy) is 1. The van der Waals surface area contributed by atoms with Crippen molar-refractivity contribution in [3.8, 4) is 0 Å². The Kier molecular flexibility index (Phi) is 3.73. The highest BCUT2D eigenvalue weighted by molar-refractivity contribution is 8.74. The van der Waals surface area contributed by atoms with Gasteiger partial charge in [-0.25, -0.2) is 14.4 Å². The van der Waals surface area contributed by atoms with E-state index in [9.17, 15) is 14.4 Å². The maximum absolute atomic E-state index is 11.8. The van der Waals surface area contributed by atoms with Gasteiger partial charge >= 0.3 is 6.09 Å². The number of amides is 1. The molecule has 0 aliphatic carbocycles. The number of carbonyl (C=O) groups is 1. The molecule has 1 fully saturated rings. The summed E-state index contributed by atoms with van der Waals surface area (Å²) in [5.41, 5.74) is -1.24. The van der Waals surface area contributed by atoms with Crippen LogP contribution in [0.15, 0.2) is 10.6 Å². The first kappa shape index (κ1) is 14.5. The van der Waals surface area contributed by atoms with Gasteiger partial charge in [-0.3, -0.25) is 9.56 Å².